The van der Waals surface area contributed by atoms with Gasteiger partial charge in [-0.15, -0.1) is 11.3 Å². The molecule has 0 radical (unpaired) electrons. The molecule has 0 N–H and O–H groups in total. The fourth-order valence-electron chi connectivity index (χ4n) is 3.24. The number of hydrogen-bond donors (Lipinski definition) is 0. The van der Waals surface area contributed by atoms with Crippen LogP contribution >= 0.6 is 11.3 Å². The number of aromatic nitrogens is 1. The van der Waals surface area contributed by atoms with E-state index in [2.05, 4.69) is 52.0 Å². The molecule has 0 bridgehead atoms. The van der Waals surface area contributed by atoms with E-state index < -0.39 is 0 Å². The second-order valence-corrected chi connectivity index (χ2v) is 8.75. The van der Waals surface area contributed by atoms with E-state index >= 15 is 0 Å². The van der Waals surface area contributed by atoms with Crippen LogP contribution in [0.15, 0.2) is 51.9 Å². The van der Waals surface area contributed by atoms with Gasteiger partial charge in [0.05, 0.1) is 33.2 Å². The highest BCUT2D eigenvalue weighted by molar-refractivity contribution is 7.07. The third kappa shape index (κ3) is 5.22. The van der Waals surface area contributed by atoms with Crippen LogP contribution in [0.4, 0.5) is 0 Å². The van der Waals surface area contributed by atoms with Gasteiger partial charge in [0.15, 0.2) is 11.5 Å². The first-order valence-electron chi connectivity index (χ1n) is 10.6. The summed E-state index contributed by atoms with van der Waals surface area (Å²) in [6.45, 7) is 8.48. The lowest BCUT2D eigenvalue weighted by Gasteiger charge is -2.14. The molecule has 0 unspecified atom stereocenters. The van der Waals surface area contributed by atoms with E-state index in [0.29, 0.717) is 23.2 Å². The van der Waals surface area contributed by atoms with Crippen LogP contribution in [0.25, 0.3) is 11.3 Å². The van der Waals surface area contributed by atoms with Gasteiger partial charge >= 0.3 is 0 Å². The molecule has 0 amide bonds. The molecule has 0 fully saturated rings. The minimum atomic E-state index is 0.146. The summed E-state index contributed by atoms with van der Waals surface area (Å²) in [5, 5.41) is 6.83. The molecule has 0 atom stereocenters. The van der Waals surface area contributed by atoms with Crippen molar-refractivity contribution in [2.24, 2.45) is 10.1 Å². The van der Waals surface area contributed by atoms with Crippen LogP contribution in [0.5, 0.6) is 17.2 Å². The molecule has 0 spiro atoms. The predicted molar refractivity (Wildman–Crippen MR) is 132 cm³/mol. The smallest absolute Gasteiger partial charge is 0.206 e. The largest absolute Gasteiger partial charge is 0.493 e. The first-order chi connectivity index (χ1) is 15.4. The summed E-state index contributed by atoms with van der Waals surface area (Å²) in [5.74, 6) is 2.24. The lowest BCUT2D eigenvalue weighted by Crippen LogP contribution is -2.14. The molecule has 7 heteroatoms. The summed E-state index contributed by atoms with van der Waals surface area (Å²) < 4.78 is 18.4. The van der Waals surface area contributed by atoms with E-state index in [1.54, 1.807) is 32.7 Å². The molecule has 0 aliphatic heterocycles. The second-order valence-electron chi connectivity index (χ2n) is 7.92. The number of methoxy groups -OCH3 is 3. The Bertz CT molecular complexity index is 1120. The number of nitrogens with zero attached hydrogens (tertiary/aromatic N) is 3. The fourth-order valence-corrected chi connectivity index (χ4v) is 4.21. The maximum atomic E-state index is 5.54. The first-order valence-corrected chi connectivity index (χ1v) is 11.4. The van der Waals surface area contributed by atoms with E-state index in [1.165, 1.54) is 5.56 Å². The average Bonchev–Trinajstić information content (AvgIpc) is 3.18. The highest BCUT2D eigenvalue weighted by Gasteiger charge is 2.17. The van der Waals surface area contributed by atoms with Gasteiger partial charge in [-0.2, -0.15) is 5.10 Å². The van der Waals surface area contributed by atoms with Crippen molar-refractivity contribution >= 4 is 17.6 Å². The van der Waals surface area contributed by atoms with Gasteiger partial charge in [-0.05, 0) is 43.0 Å². The number of ether oxygens (including phenoxy) is 3. The SMILES string of the molecule is COc1cc(-c2csc(=NC(C)C)n2N=Cc2ccc(C(C)C)cc2)cc(OC)c1OC. The Hall–Kier alpha value is -3.06. The standard InChI is InChI=1S/C25H31N3O3S/c1-16(2)19-10-8-18(9-11-19)14-26-28-21(15-32-25(28)27-17(3)4)20-12-22(29-5)24(31-7)23(13-20)30-6/h8-17H,1-7H3. The van der Waals surface area contributed by atoms with E-state index in [0.717, 1.165) is 21.6 Å². The lowest BCUT2D eigenvalue weighted by molar-refractivity contribution is 0.324. The fraction of sp³-hybridized carbons (Fsp3) is 0.360. The van der Waals surface area contributed by atoms with Gasteiger partial charge < -0.3 is 14.2 Å². The van der Waals surface area contributed by atoms with Crippen molar-refractivity contribution in [1.82, 2.24) is 4.68 Å². The number of hydrogen-bond acceptors (Lipinski definition) is 6. The molecular formula is C25H31N3O3S. The zero-order valence-corrected chi connectivity index (χ0v) is 20.6. The molecule has 0 aliphatic rings. The second kappa shape index (κ2) is 10.5. The molecular weight excluding hydrogens is 422 g/mol. The molecule has 3 aromatic rings. The maximum Gasteiger partial charge on any atom is 0.206 e. The molecule has 6 nitrogen and oxygen atoms in total. The van der Waals surface area contributed by atoms with Crippen molar-refractivity contribution in [3.05, 3.63) is 57.7 Å². The van der Waals surface area contributed by atoms with Crippen molar-refractivity contribution in [3.8, 4) is 28.5 Å². The van der Waals surface area contributed by atoms with Gasteiger partial charge in [-0.25, -0.2) is 4.68 Å². The van der Waals surface area contributed by atoms with Gasteiger partial charge in [0.1, 0.15) is 0 Å². The van der Waals surface area contributed by atoms with Crippen molar-refractivity contribution < 1.29 is 14.2 Å². The average molecular weight is 454 g/mol. The Balaban J connectivity index is 2.12. The first kappa shape index (κ1) is 23.6. The van der Waals surface area contributed by atoms with Crippen LogP contribution in [0, 0.1) is 0 Å². The highest BCUT2D eigenvalue weighted by atomic mass is 32.1. The Kier molecular flexibility index (Phi) is 7.75. The summed E-state index contributed by atoms with van der Waals surface area (Å²) in [6.07, 6.45) is 1.86. The van der Waals surface area contributed by atoms with Crippen molar-refractivity contribution in [1.29, 1.82) is 0 Å². The van der Waals surface area contributed by atoms with Gasteiger partial charge in [-0.1, -0.05) is 38.1 Å². The van der Waals surface area contributed by atoms with Crippen LogP contribution in [-0.4, -0.2) is 38.3 Å². The van der Waals surface area contributed by atoms with Crippen molar-refractivity contribution in [3.63, 3.8) is 0 Å². The molecule has 3 rings (SSSR count). The van der Waals surface area contributed by atoms with Crippen LogP contribution < -0.4 is 19.0 Å². The molecule has 1 heterocycles. The van der Waals surface area contributed by atoms with E-state index in [1.807, 2.05) is 28.4 Å². The van der Waals surface area contributed by atoms with Gasteiger partial charge in [0.2, 0.25) is 10.6 Å². The van der Waals surface area contributed by atoms with E-state index in [-0.39, 0.29) is 6.04 Å². The van der Waals surface area contributed by atoms with Gasteiger partial charge in [0.25, 0.3) is 0 Å². The zero-order chi connectivity index (χ0) is 23.3. The van der Waals surface area contributed by atoms with Crippen LogP contribution in [-0.2, 0) is 0 Å². The van der Waals surface area contributed by atoms with Gasteiger partial charge in [-0.3, -0.25) is 4.99 Å². The minimum Gasteiger partial charge on any atom is -0.493 e. The van der Waals surface area contributed by atoms with Gasteiger partial charge in [0, 0.05) is 17.0 Å². The normalized spacial score (nSPS) is 12.2. The number of rotatable bonds is 8. The summed E-state index contributed by atoms with van der Waals surface area (Å²) in [7, 11) is 4.82. The summed E-state index contributed by atoms with van der Waals surface area (Å²) in [5.41, 5.74) is 4.12. The summed E-state index contributed by atoms with van der Waals surface area (Å²) in [4.78, 5) is 5.57. The van der Waals surface area contributed by atoms with Crippen molar-refractivity contribution in [2.75, 3.05) is 21.3 Å². The maximum absolute atomic E-state index is 5.54. The molecule has 2 aromatic carbocycles. The summed E-state index contributed by atoms with van der Waals surface area (Å²) >= 11 is 1.55. The molecule has 32 heavy (non-hydrogen) atoms. The van der Waals surface area contributed by atoms with E-state index in [9.17, 15) is 0 Å². The van der Waals surface area contributed by atoms with Crippen LogP contribution in [0.3, 0.4) is 0 Å². The topological polar surface area (TPSA) is 57.3 Å². The zero-order valence-electron chi connectivity index (χ0n) is 19.7. The highest BCUT2D eigenvalue weighted by Crippen LogP contribution is 2.41. The minimum absolute atomic E-state index is 0.146. The monoisotopic (exact) mass is 453 g/mol. The van der Waals surface area contributed by atoms with E-state index in [4.69, 9.17) is 24.3 Å². The Labute approximate surface area is 193 Å². The Morgan fingerprint density at radius 2 is 1.53 bits per heavy atom. The van der Waals surface area contributed by atoms with Crippen LogP contribution in [0.2, 0.25) is 0 Å². The molecule has 0 saturated carbocycles. The predicted octanol–water partition coefficient (Wildman–Crippen LogP) is 5.56. The number of benzene rings is 2. The summed E-state index contributed by atoms with van der Waals surface area (Å²) in [6, 6.07) is 12.5. The molecule has 0 aliphatic carbocycles. The number of thiazole rings is 1. The molecule has 1 aromatic heterocycles. The third-order valence-corrected chi connectivity index (χ3v) is 5.77. The Morgan fingerprint density at radius 1 is 0.906 bits per heavy atom. The Morgan fingerprint density at radius 3 is 2.03 bits per heavy atom. The lowest BCUT2D eigenvalue weighted by atomic mass is 10.0. The third-order valence-electron chi connectivity index (χ3n) is 4.94. The molecule has 170 valence electrons. The van der Waals surface area contributed by atoms with Crippen molar-refractivity contribution in [2.45, 2.75) is 39.7 Å². The molecule has 0 saturated heterocycles. The van der Waals surface area contributed by atoms with Crippen LogP contribution in [0.1, 0.15) is 44.7 Å². The quantitative estimate of drug-likeness (QED) is 0.420.